The highest BCUT2D eigenvalue weighted by Gasteiger charge is 2.30. The maximum atomic E-state index is 13.7. The molecular weight excluding hydrogens is 375 g/mol. The molecule has 1 heterocycles. The van der Waals surface area contributed by atoms with Gasteiger partial charge in [0, 0.05) is 19.5 Å². The van der Waals surface area contributed by atoms with Gasteiger partial charge in [-0.1, -0.05) is 24.6 Å². The Bertz CT molecular complexity index is 713. The van der Waals surface area contributed by atoms with Gasteiger partial charge in [-0.05, 0) is 37.0 Å². The van der Waals surface area contributed by atoms with Gasteiger partial charge < -0.3 is 15.3 Å². The first kappa shape index (κ1) is 21.2. The van der Waals surface area contributed by atoms with Crippen LogP contribution in [0.5, 0.6) is 0 Å². The number of piperidine rings is 1. The van der Waals surface area contributed by atoms with Crippen LogP contribution in [-0.2, 0) is 14.4 Å². The fourth-order valence-electron chi connectivity index (χ4n) is 3.24. The van der Waals surface area contributed by atoms with Crippen LogP contribution in [0.25, 0.3) is 0 Å². The molecule has 1 saturated heterocycles. The zero-order valence-corrected chi connectivity index (χ0v) is 16.0. The third-order valence-corrected chi connectivity index (χ3v) is 4.96. The van der Waals surface area contributed by atoms with Crippen molar-refractivity contribution in [2.45, 2.75) is 45.1 Å². The number of aliphatic carboxylic acids is 1. The molecule has 2 amide bonds. The van der Waals surface area contributed by atoms with Crippen molar-refractivity contribution in [2.24, 2.45) is 5.92 Å². The van der Waals surface area contributed by atoms with Crippen molar-refractivity contribution < 1.29 is 23.9 Å². The first-order valence-corrected chi connectivity index (χ1v) is 9.44. The number of halogens is 2. The van der Waals surface area contributed by atoms with Crippen LogP contribution >= 0.6 is 11.6 Å². The molecule has 1 aliphatic rings. The Labute approximate surface area is 162 Å². The third kappa shape index (κ3) is 5.92. The monoisotopic (exact) mass is 398 g/mol. The topological polar surface area (TPSA) is 86.7 Å². The number of carboxylic acid groups (broad SMARTS) is 1. The fraction of sp³-hybridized carbons (Fsp3) is 0.526. The van der Waals surface area contributed by atoms with E-state index in [-0.39, 0.29) is 23.3 Å². The van der Waals surface area contributed by atoms with Crippen LogP contribution in [0.3, 0.4) is 0 Å². The number of hydrogen-bond acceptors (Lipinski definition) is 3. The summed E-state index contributed by atoms with van der Waals surface area (Å²) in [6, 6.07) is 3.09. The third-order valence-electron chi connectivity index (χ3n) is 4.65. The number of nitrogens with zero attached hydrogens (tertiary/aromatic N) is 1. The minimum Gasteiger partial charge on any atom is -0.481 e. The van der Waals surface area contributed by atoms with E-state index < -0.39 is 23.7 Å². The van der Waals surface area contributed by atoms with Crippen LogP contribution in [0.15, 0.2) is 18.2 Å². The van der Waals surface area contributed by atoms with Gasteiger partial charge in [0.1, 0.15) is 5.82 Å². The summed E-state index contributed by atoms with van der Waals surface area (Å²) >= 11 is 5.67. The number of benzene rings is 1. The molecule has 8 heteroatoms. The molecule has 1 aromatic rings. The Morgan fingerprint density at radius 1 is 1.41 bits per heavy atom. The van der Waals surface area contributed by atoms with E-state index in [9.17, 15) is 18.8 Å². The molecule has 0 radical (unpaired) electrons. The summed E-state index contributed by atoms with van der Waals surface area (Å²) < 4.78 is 13.7. The summed E-state index contributed by atoms with van der Waals surface area (Å²) in [7, 11) is 0. The average molecular weight is 399 g/mol. The summed E-state index contributed by atoms with van der Waals surface area (Å²) in [5, 5.41) is 11.8. The summed E-state index contributed by atoms with van der Waals surface area (Å²) in [6.07, 6.45) is 2.15. The second-order valence-electron chi connectivity index (χ2n) is 6.76. The number of likely N-dealkylation sites (tertiary alicyclic amines) is 1. The van der Waals surface area contributed by atoms with Gasteiger partial charge in [0.2, 0.25) is 11.8 Å². The molecule has 2 rings (SSSR count). The molecule has 6 nitrogen and oxygen atoms in total. The van der Waals surface area contributed by atoms with Gasteiger partial charge in [-0.3, -0.25) is 14.4 Å². The predicted molar refractivity (Wildman–Crippen MR) is 98.8 cm³/mol. The van der Waals surface area contributed by atoms with Crippen molar-refractivity contribution in [1.29, 1.82) is 0 Å². The molecule has 0 bridgehead atoms. The van der Waals surface area contributed by atoms with Crippen molar-refractivity contribution in [3.8, 4) is 0 Å². The van der Waals surface area contributed by atoms with E-state index in [0.29, 0.717) is 37.9 Å². The molecule has 0 aliphatic carbocycles. The van der Waals surface area contributed by atoms with E-state index in [2.05, 4.69) is 5.32 Å². The van der Waals surface area contributed by atoms with Crippen LogP contribution in [-0.4, -0.2) is 40.9 Å². The van der Waals surface area contributed by atoms with Crippen LogP contribution in [0.2, 0.25) is 5.02 Å². The molecule has 27 heavy (non-hydrogen) atoms. The molecule has 0 saturated carbocycles. The quantitative estimate of drug-likeness (QED) is 0.738. The van der Waals surface area contributed by atoms with Gasteiger partial charge in [0.25, 0.3) is 0 Å². The molecule has 148 valence electrons. The van der Waals surface area contributed by atoms with E-state index in [0.717, 1.165) is 12.5 Å². The van der Waals surface area contributed by atoms with Gasteiger partial charge in [-0.25, -0.2) is 4.39 Å². The van der Waals surface area contributed by atoms with Gasteiger partial charge in [0.05, 0.1) is 23.4 Å². The smallest absolute Gasteiger partial charge is 0.305 e. The second kappa shape index (κ2) is 9.69. The predicted octanol–water partition coefficient (Wildman–Crippen LogP) is 3.15. The molecule has 0 spiro atoms. The van der Waals surface area contributed by atoms with E-state index in [1.165, 1.54) is 12.1 Å². The molecule has 1 aliphatic heterocycles. The van der Waals surface area contributed by atoms with Crippen LogP contribution < -0.4 is 5.32 Å². The van der Waals surface area contributed by atoms with E-state index in [4.69, 9.17) is 16.7 Å². The Hall–Kier alpha value is -2.15. The molecule has 2 atom stereocenters. The number of carboxylic acids is 1. The normalized spacial score (nSPS) is 18.0. The first-order valence-electron chi connectivity index (χ1n) is 9.06. The van der Waals surface area contributed by atoms with Crippen molar-refractivity contribution in [3.05, 3.63) is 34.6 Å². The van der Waals surface area contributed by atoms with Crippen LogP contribution in [0.4, 0.5) is 4.39 Å². The maximum absolute atomic E-state index is 13.7. The van der Waals surface area contributed by atoms with Crippen LogP contribution in [0, 0.1) is 11.7 Å². The highest BCUT2D eigenvalue weighted by atomic mass is 35.5. The molecule has 0 aromatic heterocycles. The molecule has 1 fully saturated rings. The fourth-order valence-corrected chi connectivity index (χ4v) is 3.35. The number of carbonyl (C=O) groups is 3. The molecule has 1 aromatic carbocycles. The highest BCUT2D eigenvalue weighted by Crippen LogP contribution is 2.24. The van der Waals surface area contributed by atoms with Crippen molar-refractivity contribution in [1.82, 2.24) is 10.2 Å². The van der Waals surface area contributed by atoms with Gasteiger partial charge in [0.15, 0.2) is 0 Å². The minimum absolute atomic E-state index is 0.0249. The molecule has 2 unspecified atom stereocenters. The maximum Gasteiger partial charge on any atom is 0.305 e. The first-order chi connectivity index (χ1) is 12.8. The Morgan fingerprint density at radius 3 is 2.78 bits per heavy atom. The number of amides is 2. The lowest BCUT2D eigenvalue weighted by Crippen LogP contribution is -2.46. The average Bonchev–Trinajstić information content (AvgIpc) is 2.63. The lowest BCUT2D eigenvalue weighted by Gasteiger charge is -2.33. The summed E-state index contributed by atoms with van der Waals surface area (Å²) in [5.74, 6) is -2.50. The van der Waals surface area contributed by atoms with Crippen LogP contribution in [0.1, 0.15) is 50.6 Å². The van der Waals surface area contributed by atoms with E-state index in [1.54, 1.807) is 4.90 Å². The number of nitrogens with one attached hydrogen (secondary N) is 1. The highest BCUT2D eigenvalue weighted by molar-refractivity contribution is 6.30. The zero-order chi connectivity index (χ0) is 20.0. The lowest BCUT2D eigenvalue weighted by molar-refractivity contribution is -0.138. The Balaban J connectivity index is 2.09. The van der Waals surface area contributed by atoms with Crippen molar-refractivity contribution in [3.63, 3.8) is 0 Å². The summed E-state index contributed by atoms with van der Waals surface area (Å²) in [6.45, 7) is 2.87. The number of carbonyl (C=O) groups excluding carboxylic acids is 2. The minimum atomic E-state index is -1.11. The Morgan fingerprint density at radius 2 is 2.15 bits per heavy atom. The second-order valence-corrected chi connectivity index (χ2v) is 7.17. The van der Waals surface area contributed by atoms with Crippen molar-refractivity contribution >= 4 is 29.4 Å². The zero-order valence-electron chi connectivity index (χ0n) is 15.2. The Kier molecular flexibility index (Phi) is 7.59. The number of hydrogen-bond donors (Lipinski definition) is 2. The van der Waals surface area contributed by atoms with E-state index in [1.807, 2.05) is 6.92 Å². The van der Waals surface area contributed by atoms with Gasteiger partial charge in [-0.2, -0.15) is 0 Å². The number of rotatable bonds is 7. The van der Waals surface area contributed by atoms with E-state index >= 15 is 0 Å². The summed E-state index contributed by atoms with van der Waals surface area (Å²) in [4.78, 5) is 37.6. The largest absolute Gasteiger partial charge is 0.481 e. The standard InChI is InChI=1S/C19H24ClFN2O4/c1-2-4-17(24)23-8-3-5-13(11-23)19(27)22-16(10-18(25)26)12-6-7-14(20)15(21)9-12/h6-7,9,13,16H,2-5,8,10-11H2,1H3,(H,22,27)(H,25,26). The summed E-state index contributed by atoms with van der Waals surface area (Å²) in [5.41, 5.74) is 0.336. The molecular formula is C19H24ClFN2O4. The lowest BCUT2D eigenvalue weighted by atomic mass is 9.95. The van der Waals surface area contributed by atoms with Gasteiger partial charge >= 0.3 is 5.97 Å². The molecule has 2 N–H and O–H groups in total. The van der Waals surface area contributed by atoms with Gasteiger partial charge in [-0.15, -0.1) is 0 Å². The van der Waals surface area contributed by atoms with Crippen molar-refractivity contribution in [2.75, 3.05) is 13.1 Å². The SMILES string of the molecule is CCCC(=O)N1CCCC(C(=O)NC(CC(=O)O)c2ccc(Cl)c(F)c2)C1.